The molecule has 0 amide bonds. The van der Waals surface area contributed by atoms with Crippen LogP contribution >= 0.6 is 0 Å². The van der Waals surface area contributed by atoms with E-state index in [1.54, 1.807) is 24.3 Å². The van der Waals surface area contributed by atoms with Crippen LogP contribution in [0.1, 0.15) is 5.56 Å². The zero-order valence-electron chi connectivity index (χ0n) is 11.3. The van der Waals surface area contributed by atoms with Gasteiger partial charge in [0, 0.05) is 17.9 Å². The van der Waals surface area contributed by atoms with E-state index in [0.717, 1.165) is 17.7 Å². The lowest BCUT2D eigenvalue weighted by atomic mass is 10.2. The highest BCUT2D eigenvalue weighted by Gasteiger charge is 2.46. The number of hydrogen-bond donors (Lipinski definition) is 2. The second kappa shape index (κ2) is 5.88. The predicted octanol–water partition coefficient (Wildman–Crippen LogP) is 3.17. The minimum absolute atomic E-state index is 0.258. The summed E-state index contributed by atoms with van der Waals surface area (Å²) in [7, 11) is -5.35. The molecule has 0 aromatic heterocycles. The molecule has 0 unspecified atom stereocenters. The summed E-state index contributed by atoms with van der Waals surface area (Å²) in [6.07, 6.45) is 0. The van der Waals surface area contributed by atoms with E-state index in [1.807, 2.05) is 0 Å². The maximum absolute atomic E-state index is 12.5. The van der Waals surface area contributed by atoms with Crippen molar-refractivity contribution >= 4 is 21.2 Å². The summed E-state index contributed by atoms with van der Waals surface area (Å²) >= 11 is 0. The second-order valence-electron chi connectivity index (χ2n) is 4.53. The third-order valence-electron chi connectivity index (χ3n) is 2.99. The Morgan fingerprint density at radius 1 is 1.05 bits per heavy atom. The minimum Gasteiger partial charge on any atom is -0.398 e. The van der Waals surface area contributed by atoms with Crippen LogP contribution < -0.4 is 11.1 Å². The van der Waals surface area contributed by atoms with Gasteiger partial charge in [-0.1, -0.05) is 24.3 Å². The molecule has 0 fully saturated rings. The number of benzene rings is 2. The first-order chi connectivity index (χ1) is 10.2. The van der Waals surface area contributed by atoms with Crippen molar-refractivity contribution in [1.29, 1.82) is 0 Å². The molecule has 3 N–H and O–H groups in total. The van der Waals surface area contributed by atoms with Crippen molar-refractivity contribution in [3.05, 3.63) is 54.1 Å². The van der Waals surface area contributed by atoms with Crippen LogP contribution in [0, 0.1) is 0 Å². The quantitative estimate of drug-likeness (QED) is 0.845. The second-order valence-corrected chi connectivity index (χ2v) is 6.47. The maximum Gasteiger partial charge on any atom is 0.501 e. The van der Waals surface area contributed by atoms with Crippen molar-refractivity contribution in [2.45, 2.75) is 16.9 Å². The maximum atomic E-state index is 12.5. The Morgan fingerprint density at radius 2 is 1.73 bits per heavy atom. The topological polar surface area (TPSA) is 72.2 Å². The van der Waals surface area contributed by atoms with Crippen molar-refractivity contribution in [2.75, 3.05) is 11.1 Å². The van der Waals surface area contributed by atoms with E-state index < -0.39 is 20.2 Å². The van der Waals surface area contributed by atoms with Crippen LogP contribution in [0.25, 0.3) is 0 Å². The van der Waals surface area contributed by atoms with Gasteiger partial charge in [-0.05, 0) is 29.8 Å². The molecular formula is C14H13F3N2O2S. The number of anilines is 2. The minimum atomic E-state index is -5.35. The van der Waals surface area contributed by atoms with E-state index in [9.17, 15) is 21.6 Å². The Kier molecular flexibility index (Phi) is 4.32. The molecule has 0 radical (unpaired) electrons. The lowest BCUT2D eigenvalue weighted by Crippen LogP contribution is -2.23. The Labute approximate surface area is 125 Å². The summed E-state index contributed by atoms with van der Waals surface area (Å²) in [5, 5.41) is 2.85. The average molecular weight is 330 g/mol. The molecule has 118 valence electrons. The summed E-state index contributed by atoms with van der Waals surface area (Å²) in [4.78, 5) is -0.800. The van der Waals surface area contributed by atoms with Crippen molar-refractivity contribution in [1.82, 2.24) is 0 Å². The van der Waals surface area contributed by atoms with Gasteiger partial charge in [0.05, 0.1) is 4.90 Å². The van der Waals surface area contributed by atoms with Gasteiger partial charge in [-0.15, -0.1) is 0 Å². The van der Waals surface area contributed by atoms with Crippen LogP contribution in [-0.2, 0) is 16.4 Å². The van der Waals surface area contributed by atoms with E-state index in [2.05, 4.69) is 5.32 Å². The van der Waals surface area contributed by atoms with Crippen LogP contribution in [0.3, 0.4) is 0 Å². The number of nitrogen functional groups attached to an aromatic ring is 1. The smallest absolute Gasteiger partial charge is 0.398 e. The van der Waals surface area contributed by atoms with E-state index in [0.29, 0.717) is 5.69 Å². The SMILES string of the molecule is Nc1ccccc1CNc1cccc(S(=O)(=O)C(F)(F)F)c1. The van der Waals surface area contributed by atoms with E-state index in [1.165, 1.54) is 12.1 Å². The van der Waals surface area contributed by atoms with Crippen molar-refractivity contribution in [3.8, 4) is 0 Å². The van der Waals surface area contributed by atoms with Gasteiger partial charge in [-0.3, -0.25) is 0 Å². The summed E-state index contributed by atoms with van der Waals surface area (Å²) < 4.78 is 60.3. The fourth-order valence-electron chi connectivity index (χ4n) is 1.80. The highest BCUT2D eigenvalue weighted by molar-refractivity contribution is 7.92. The van der Waals surface area contributed by atoms with Crippen LogP contribution in [0.15, 0.2) is 53.4 Å². The van der Waals surface area contributed by atoms with E-state index >= 15 is 0 Å². The Balaban J connectivity index is 2.22. The number of halogens is 3. The van der Waals surface area contributed by atoms with Gasteiger partial charge in [0.2, 0.25) is 0 Å². The van der Waals surface area contributed by atoms with Crippen molar-refractivity contribution in [3.63, 3.8) is 0 Å². The Morgan fingerprint density at radius 3 is 2.36 bits per heavy atom. The molecule has 0 saturated heterocycles. The van der Waals surface area contributed by atoms with Gasteiger partial charge < -0.3 is 11.1 Å². The normalized spacial score (nSPS) is 12.1. The number of nitrogens with two attached hydrogens (primary N) is 1. The highest BCUT2D eigenvalue weighted by atomic mass is 32.2. The summed E-state index contributed by atoms with van der Waals surface area (Å²) in [6, 6.07) is 11.6. The Bertz CT molecular complexity index is 774. The molecule has 0 heterocycles. The summed E-state index contributed by atoms with van der Waals surface area (Å²) in [5.74, 6) is 0. The Hall–Kier alpha value is -2.22. The fraction of sp³-hybridized carbons (Fsp3) is 0.143. The molecule has 0 aliphatic carbocycles. The van der Waals surface area contributed by atoms with Gasteiger partial charge in [0.15, 0.2) is 0 Å². The lowest BCUT2D eigenvalue weighted by molar-refractivity contribution is -0.0435. The number of para-hydroxylation sites is 1. The zero-order valence-corrected chi connectivity index (χ0v) is 12.1. The summed E-state index contributed by atoms with van der Waals surface area (Å²) in [6.45, 7) is 0.266. The number of hydrogen-bond acceptors (Lipinski definition) is 4. The highest BCUT2D eigenvalue weighted by Crippen LogP contribution is 2.31. The van der Waals surface area contributed by atoms with Crippen molar-refractivity contribution in [2.24, 2.45) is 0 Å². The standard InChI is InChI=1S/C14H13F3N2O2S/c15-14(16,17)22(20,21)12-6-3-5-11(8-12)19-9-10-4-1-2-7-13(10)18/h1-8,19H,9,18H2. The molecule has 8 heteroatoms. The average Bonchev–Trinajstić information content (AvgIpc) is 2.45. The first-order valence-corrected chi connectivity index (χ1v) is 7.69. The van der Waals surface area contributed by atoms with Crippen LogP contribution in [0.2, 0.25) is 0 Å². The first-order valence-electron chi connectivity index (χ1n) is 6.20. The molecule has 2 aromatic carbocycles. The summed E-state index contributed by atoms with van der Waals surface area (Å²) in [5.41, 5.74) is 1.98. The van der Waals surface area contributed by atoms with Crippen LogP contribution in [-0.4, -0.2) is 13.9 Å². The van der Waals surface area contributed by atoms with Gasteiger partial charge in [0.25, 0.3) is 9.84 Å². The molecule has 0 aliphatic heterocycles. The van der Waals surface area contributed by atoms with Crippen LogP contribution in [0.4, 0.5) is 24.5 Å². The molecule has 2 rings (SSSR count). The molecule has 4 nitrogen and oxygen atoms in total. The first kappa shape index (κ1) is 16.2. The molecule has 0 bridgehead atoms. The lowest BCUT2D eigenvalue weighted by Gasteiger charge is -2.11. The van der Waals surface area contributed by atoms with E-state index in [4.69, 9.17) is 5.73 Å². The molecule has 0 saturated carbocycles. The molecule has 0 aliphatic rings. The van der Waals surface area contributed by atoms with Gasteiger partial charge in [0.1, 0.15) is 0 Å². The number of nitrogens with one attached hydrogen (secondary N) is 1. The third-order valence-corrected chi connectivity index (χ3v) is 4.47. The fourth-order valence-corrected chi connectivity index (χ4v) is 2.61. The number of alkyl halides is 3. The van der Waals surface area contributed by atoms with Crippen LogP contribution in [0.5, 0.6) is 0 Å². The third kappa shape index (κ3) is 3.33. The number of sulfone groups is 1. The van der Waals surface area contributed by atoms with Gasteiger partial charge in [-0.25, -0.2) is 8.42 Å². The molecular weight excluding hydrogens is 317 g/mol. The monoisotopic (exact) mass is 330 g/mol. The van der Waals surface area contributed by atoms with E-state index in [-0.39, 0.29) is 12.2 Å². The molecule has 22 heavy (non-hydrogen) atoms. The van der Waals surface area contributed by atoms with Gasteiger partial charge >= 0.3 is 5.51 Å². The van der Waals surface area contributed by atoms with Crippen molar-refractivity contribution < 1.29 is 21.6 Å². The molecule has 0 atom stereocenters. The zero-order chi connectivity index (χ0) is 16.4. The van der Waals surface area contributed by atoms with Gasteiger partial charge in [-0.2, -0.15) is 13.2 Å². The molecule has 0 spiro atoms. The predicted molar refractivity (Wildman–Crippen MR) is 77.9 cm³/mol. The molecule has 2 aromatic rings. The number of rotatable bonds is 4. The largest absolute Gasteiger partial charge is 0.501 e.